The van der Waals surface area contributed by atoms with Gasteiger partial charge in [0.25, 0.3) is 0 Å². The van der Waals surface area contributed by atoms with Crippen molar-refractivity contribution in [3.8, 4) is 0 Å². The first-order valence-corrected chi connectivity index (χ1v) is 13.0. The van der Waals surface area contributed by atoms with Gasteiger partial charge in [-0.1, -0.05) is 79.6 Å². The summed E-state index contributed by atoms with van der Waals surface area (Å²) in [7, 11) is 0. The maximum absolute atomic E-state index is 14.5. The molecule has 0 unspecified atom stereocenters. The number of fused-ring (bicyclic) bond motifs is 6. The van der Waals surface area contributed by atoms with Crippen molar-refractivity contribution in [2.75, 3.05) is 10.2 Å². The fraction of sp³-hybridized carbons (Fsp3) is 0.281. The Balaban J connectivity index is 1.60. The third-order valence-electron chi connectivity index (χ3n) is 8.26. The number of rotatable bonds is 5. The average molecular weight is 491 g/mol. The van der Waals surface area contributed by atoms with Gasteiger partial charge in [-0.25, -0.2) is 0 Å². The summed E-state index contributed by atoms with van der Waals surface area (Å²) in [4.78, 5) is 44.1. The van der Waals surface area contributed by atoms with E-state index in [2.05, 4.69) is 18.3 Å². The number of anilines is 2. The fourth-order valence-electron chi connectivity index (χ4n) is 6.76. The molecule has 1 fully saturated rings. The van der Waals surface area contributed by atoms with Crippen LogP contribution in [0.15, 0.2) is 72.8 Å². The minimum absolute atomic E-state index is 0.123. The Bertz CT molecular complexity index is 1470. The zero-order valence-electron chi connectivity index (χ0n) is 21.3. The van der Waals surface area contributed by atoms with Crippen molar-refractivity contribution in [3.63, 3.8) is 0 Å². The van der Waals surface area contributed by atoms with Gasteiger partial charge >= 0.3 is 0 Å². The summed E-state index contributed by atoms with van der Waals surface area (Å²) in [5, 5.41) is 3.05. The second-order valence-corrected chi connectivity index (χ2v) is 10.5. The van der Waals surface area contributed by atoms with Crippen LogP contribution in [0.1, 0.15) is 52.9 Å². The van der Waals surface area contributed by atoms with E-state index in [1.807, 2.05) is 84.6 Å². The molecule has 1 N–H and O–H groups in total. The second kappa shape index (κ2) is 8.55. The van der Waals surface area contributed by atoms with Gasteiger partial charge in [-0.2, -0.15) is 0 Å². The third-order valence-corrected chi connectivity index (χ3v) is 8.26. The van der Waals surface area contributed by atoms with Gasteiger partial charge < -0.3 is 10.2 Å². The number of ketones is 2. The van der Waals surface area contributed by atoms with E-state index in [0.717, 1.165) is 40.8 Å². The molecule has 3 heterocycles. The number of carbonyl (C=O) groups is 3. The number of hydrogen-bond acceptors (Lipinski definition) is 4. The van der Waals surface area contributed by atoms with Crippen LogP contribution >= 0.6 is 0 Å². The molecule has 0 aromatic heterocycles. The number of para-hydroxylation sites is 1. The van der Waals surface area contributed by atoms with E-state index in [9.17, 15) is 14.4 Å². The Morgan fingerprint density at radius 1 is 1.03 bits per heavy atom. The predicted octanol–water partition coefficient (Wildman–Crippen LogP) is 5.51. The second-order valence-electron chi connectivity index (χ2n) is 10.5. The van der Waals surface area contributed by atoms with Crippen molar-refractivity contribution >= 4 is 34.9 Å². The van der Waals surface area contributed by atoms with Crippen molar-refractivity contribution in [1.29, 1.82) is 0 Å². The lowest BCUT2D eigenvalue weighted by atomic mass is 9.64. The number of Topliss-reactive ketones (excluding diaryl/α,β-unsaturated/α-hetero) is 2. The lowest BCUT2D eigenvalue weighted by Gasteiger charge is -2.37. The molecule has 6 rings (SSSR count). The molecule has 3 aromatic carbocycles. The number of nitrogens with one attached hydrogen (secondary N) is 1. The monoisotopic (exact) mass is 490 g/mol. The predicted molar refractivity (Wildman–Crippen MR) is 146 cm³/mol. The zero-order chi connectivity index (χ0) is 25.9. The van der Waals surface area contributed by atoms with Gasteiger partial charge in [0.15, 0.2) is 11.6 Å². The molecule has 3 aliphatic rings. The van der Waals surface area contributed by atoms with Crippen LogP contribution in [0.3, 0.4) is 0 Å². The van der Waals surface area contributed by atoms with Gasteiger partial charge in [0.1, 0.15) is 5.41 Å². The quantitative estimate of drug-likeness (QED) is 0.479. The first-order valence-electron chi connectivity index (χ1n) is 13.0. The number of carbonyl (C=O) groups excluding carboxylic acids is 3. The maximum atomic E-state index is 14.5. The third kappa shape index (κ3) is 3.26. The average Bonchev–Trinajstić information content (AvgIpc) is 3.37. The number of benzene rings is 3. The first kappa shape index (κ1) is 23.4. The van der Waals surface area contributed by atoms with E-state index in [0.29, 0.717) is 11.3 Å². The normalized spacial score (nSPS) is 25.0. The standard InChI is InChI=1S/C32H30N2O3/c1-4-7-21-11-13-22(14-12-21)30(36)28-29(20(3)35)34-26-16-10-19(2)18-23(26)15-17-27(34)32(28)24-8-5-6-9-25(24)33-31(32)37/h5-6,8-18,27-29H,4,7H2,1-3H3,(H,33,37)/t27-,28+,29-,32-/m1/s1. The molecule has 0 radical (unpaired) electrons. The Labute approximate surface area is 217 Å². The topological polar surface area (TPSA) is 66.5 Å². The van der Waals surface area contributed by atoms with E-state index in [1.54, 1.807) is 0 Å². The highest BCUT2D eigenvalue weighted by atomic mass is 16.2. The highest BCUT2D eigenvalue weighted by Crippen LogP contribution is 2.57. The smallest absolute Gasteiger partial charge is 0.238 e. The zero-order valence-corrected chi connectivity index (χ0v) is 21.3. The first-order chi connectivity index (χ1) is 17.9. The van der Waals surface area contributed by atoms with Crippen LogP contribution in [0, 0.1) is 12.8 Å². The van der Waals surface area contributed by atoms with Gasteiger partial charge in [-0.15, -0.1) is 0 Å². The lowest BCUT2D eigenvalue weighted by Crippen LogP contribution is -2.51. The Morgan fingerprint density at radius 2 is 1.78 bits per heavy atom. The molecule has 5 nitrogen and oxygen atoms in total. The number of amides is 1. The van der Waals surface area contributed by atoms with Crippen molar-refractivity contribution in [3.05, 3.63) is 101 Å². The van der Waals surface area contributed by atoms with Gasteiger partial charge in [-0.3, -0.25) is 14.4 Å². The molecular formula is C32H30N2O3. The lowest BCUT2D eigenvalue weighted by molar-refractivity contribution is -0.122. The highest BCUT2D eigenvalue weighted by Gasteiger charge is 2.69. The number of nitrogens with zero attached hydrogens (tertiary/aromatic N) is 1. The van der Waals surface area contributed by atoms with Gasteiger partial charge in [0, 0.05) is 16.9 Å². The van der Waals surface area contributed by atoms with Crippen molar-refractivity contribution in [2.24, 2.45) is 5.92 Å². The highest BCUT2D eigenvalue weighted by molar-refractivity contribution is 6.16. The molecular weight excluding hydrogens is 460 g/mol. The molecule has 0 aliphatic carbocycles. The minimum atomic E-state index is -1.23. The summed E-state index contributed by atoms with van der Waals surface area (Å²) in [5.41, 5.74) is 4.92. The van der Waals surface area contributed by atoms with E-state index >= 15 is 0 Å². The Kier molecular flexibility index (Phi) is 5.41. The summed E-state index contributed by atoms with van der Waals surface area (Å²) in [6.07, 6.45) is 5.99. The molecule has 1 amide bonds. The summed E-state index contributed by atoms with van der Waals surface area (Å²) in [5.74, 6) is -1.41. The summed E-state index contributed by atoms with van der Waals surface area (Å²) >= 11 is 0. The number of aryl methyl sites for hydroxylation is 2. The summed E-state index contributed by atoms with van der Waals surface area (Å²) in [6, 6.07) is 20.1. The molecule has 4 atom stereocenters. The SMILES string of the molecule is CCCc1ccc(C(=O)[C@@H]2[C@@H](C(C)=O)N3c4ccc(C)cc4C=C[C@@H]3[C@@]23C(=O)Nc2ccccc23)cc1. The minimum Gasteiger partial charge on any atom is -0.352 e. The summed E-state index contributed by atoms with van der Waals surface area (Å²) in [6.45, 7) is 5.69. The van der Waals surface area contributed by atoms with Crippen molar-refractivity contribution in [1.82, 2.24) is 0 Å². The van der Waals surface area contributed by atoms with Crippen LogP contribution in [0.4, 0.5) is 11.4 Å². The Morgan fingerprint density at radius 3 is 2.51 bits per heavy atom. The van der Waals surface area contributed by atoms with Gasteiger partial charge in [0.2, 0.25) is 5.91 Å². The molecule has 0 bridgehead atoms. The van der Waals surface area contributed by atoms with Crippen LogP contribution in [0.5, 0.6) is 0 Å². The molecule has 3 aromatic rings. The van der Waals surface area contributed by atoms with Crippen LogP contribution in [0.2, 0.25) is 0 Å². The molecule has 1 spiro atoms. The molecule has 5 heteroatoms. The van der Waals surface area contributed by atoms with Gasteiger partial charge in [-0.05, 0) is 55.2 Å². The molecule has 1 saturated heterocycles. The molecule has 37 heavy (non-hydrogen) atoms. The summed E-state index contributed by atoms with van der Waals surface area (Å²) < 4.78 is 0. The van der Waals surface area contributed by atoms with Crippen LogP contribution in [-0.4, -0.2) is 29.6 Å². The largest absolute Gasteiger partial charge is 0.352 e. The van der Waals surface area contributed by atoms with Crippen LogP contribution < -0.4 is 10.2 Å². The fourth-order valence-corrected chi connectivity index (χ4v) is 6.76. The van der Waals surface area contributed by atoms with Crippen molar-refractivity contribution < 1.29 is 14.4 Å². The van der Waals surface area contributed by atoms with E-state index in [4.69, 9.17) is 0 Å². The maximum Gasteiger partial charge on any atom is 0.238 e. The van der Waals surface area contributed by atoms with E-state index in [1.165, 1.54) is 6.92 Å². The molecule has 0 saturated carbocycles. The Hall–Kier alpha value is -3.99. The van der Waals surface area contributed by atoms with E-state index < -0.39 is 23.4 Å². The van der Waals surface area contributed by atoms with Crippen LogP contribution in [0.25, 0.3) is 6.08 Å². The molecule has 3 aliphatic heterocycles. The van der Waals surface area contributed by atoms with Crippen LogP contribution in [-0.2, 0) is 21.4 Å². The molecule has 186 valence electrons. The number of hydrogen-bond donors (Lipinski definition) is 1. The van der Waals surface area contributed by atoms with E-state index in [-0.39, 0.29) is 17.5 Å². The van der Waals surface area contributed by atoms with Gasteiger partial charge in [0.05, 0.1) is 18.0 Å². The van der Waals surface area contributed by atoms with Crippen molar-refractivity contribution in [2.45, 2.75) is 51.1 Å².